The van der Waals surface area contributed by atoms with Crippen molar-refractivity contribution in [3.63, 3.8) is 0 Å². The quantitative estimate of drug-likeness (QED) is 0.733. The molecule has 1 heterocycles. The first-order chi connectivity index (χ1) is 5.59. The Balaban J connectivity index is 2.58. The van der Waals surface area contributed by atoms with Crippen LogP contribution in [0.4, 0.5) is 5.88 Å². The number of furan rings is 1. The van der Waals surface area contributed by atoms with E-state index in [1.807, 2.05) is 26.8 Å². The Bertz CT molecular complexity index is 276. The van der Waals surface area contributed by atoms with E-state index in [0.717, 1.165) is 5.76 Å². The molecular formula is C9H13NO2. The summed E-state index contributed by atoms with van der Waals surface area (Å²) in [5, 5.41) is 2.66. The number of anilines is 1. The maximum absolute atomic E-state index is 11.2. The van der Waals surface area contributed by atoms with Gasteiger partial charge in [0.25, 0.3) is 0 Å². The van der Waals surface area contributed by atoms with E-state index in [1.165, 1.54) is 0 Å². The summed E-state index contributed by atoms with van der Waals surface area (Å²) in [6.45, 7) is 5.52. The first-order valence-corrected chi connectivity index (χ1v) is 3.97. The van der Waals surface area contributed by atoms with Crippen molar-refractivity contribution in [2.45, 2.75) is 20.8 Å². The molecule has 1 amide bonds. The number of nitrogens with one attached hydrogen (secondary N) is 1. The summed E-state index contributed by atoms with van der Waals surface area (Å²) in [4.78, 5) is 11.2. The second-order valence-corrected chi connectivity index (χ2v) is 3.05. The minimum atomic E-state index is -0.0237. The van der Waals surface area contributed by atoms with Crippen LogP contribution in [0.15, 0.2) is 16.5 Å². The lowest BCUT2D eigenvalue weighted by Crippen LogP contribution is -2.17. The van der Waals surface area contributed by atoms with Gasteiger partial charge in [0.2, 0.25) is 5.91 Å². The Kier molecular flexibility index (Phi) is 2.53. The lowest BCUT2D eigenvalue weighted by molar-refractivity contribution is -0.119. The number of rotatable bonds is 2. The van der Waals surface area contributed by atoms with Gasteiger partial charge in [-0.2, -0.15) is 0 Å². The molecule has 12 heavy (non-hydrogen) atoms. The molecule has 3 nitrogen and oxygen atoms in total. The topological polar surface area (TPSA) is 42.2 Å². The third-order valence-corrected chi connectivity index (χ3v) is 1.51. The molecule has 0 aromatic carbocycles. The predicted molar refractivity (Wildman–Crippen MR) is 46.9 cm³/mol. The van der Waals surface area contributed by atoms with Crippen LogP contribution in [0.1, 0.15) is 19.6 Å². The van der Waals surface area contributed by atoms with Crippen LogP contribution in [0.2, 0.25) is 0 Å². The summed E-state index contributed by atoms with van der Waals surface area (Å²) in [7, 11) is 0. The molecule has 66 valence electrons. The fourth-order valence-corrected chi connectivity index (χ4v) is 0.767. The minimum absolute atomic E-state index is 0.0181. The molecule has 0 saturated carbocycles. The zero-order valence-electron chi connectivity index (χ0n) is 7.55. The normalized spacial score (nSPS) is 10.3. The van der Waals surface area contributed by atoms with Crippen LogP contribution < -0.4 is 5.32 Å². The maximum atomic E-state index is 11.2. The van der Waals surface area contributed by atoms with Gasteiger partial charge in [-0.05, 0) is 13.0 Å². The number of amides is 1. The van der Waals surface area contributed by atoms with Gasteiger partial charge in [-0.15, -0.1) is 0 Å². The van der Waals surface area contributed by atoms with Crippen LogP contribution in [-0.4, -0.2) is 5.91 Å². The number of carbonyl (C=O) groups excluding carboxylic acids is 1. The van der Waals surface area contributed by atoms with Crippen LogP contribution in [0.25, 0.3) is 0 Å². The lowest BCUT2D eigenvalue weighted by atomic mass is 10.2. The average Bonchev–Trinajstić information content (AvgIpc) is 2.35. The molecule has 0 bridgehead atoms. The second kappa shape index (κ2) is 3.43. The SMILES string of the molecule is Cc1ccc(NC(=O)C(C)C)o1. The zero-order valence-corrected chi connectivity index (χ0v) is 7.55. The number of hydrogen-bond donors (Lipinski definition) is 1. The highest BCUT2D eigenvalue weighted by Crippen LogP contribution is 2.12. The van der Waals surface area contributed by atoms with Gasteiger partial charge in [0.05, 0.1) is 0 Å². The summed E-state index contributed by atoms with van der Waals surface area (Å²) in [5.74, 6) is 1.28. The molecule has 0 fully saturated rings. The van der Waals surface area contributed by atoms with Gasteiger partial charge in [0.15, 0.2) is 5.88 Å². The molecule has 1 aromatic heterocycles. The lowest BCUT2D eigenvalue weighted by Gasteiger charge is -2.03. The fraction of sp³-hybridized carbons (Fsp3) is 0.444. The van der Waals surface area contributed by atoms with Crippen molar-refractivity contribution in [2.75, 3.05) is 5.32 Å². The summed E-state index contributed by atoms with van der Waals surface area (Å²) in [6.07, 6.45) is 0. The van der Waals surface area contributed by atoms with Crippen LogP contribution >= 0.6 is 0 Å². The average molecular weight is 167 g/mol. The highest BCUT2D eigenvalue weighted by molar-refractivity contribution is 5.90. The van der Waals surface area contributed by atoms with Crippen molar-refractivity contribution in [1.82, 2.24) is 0 Å². The Labute approximate surface area is 71.8 Å². The zero-order chi connectivity index (χ0) is 9.14. The van der Waals surface area contributed by atoms with E-state index in [0.29, 0.717) is 5.88 Å². The van der Waals surface area contributed by atoms with Crippen molar-refractivity contribution >= 4 is 11.8 Å². The Morgan fingerprint density at radius 3 is 2.58 bits per heavy atom. The van der Waals surface area contributed by atoms with Crippen molar-refractivity contribution in [3.8, 4) is 0 Å². The summed E-state index contributed by atoms with van der Waals surface area (Å²) in [6, 6.07) is 3.56. The summed E-state index contributed by atoms with van der Waals surface area (Å²) >= 11 is 0. The van der Waals surface area contributed by atoms with E-state index in [-0.39, 0.29) is 11.8 Å². The Hall–Kier alpha value is -1.25. The van der Waals surface area contributed by atoms with E-state index in [9.17, 15) is 4.79 Å². The largest absolute Gasteiger partial charge is 0.446 e. The molecule has 0 aliphatic rings. The van der Waals surface area contributed by atoms with Gasteiger partial charge in [-0.1, -0.05) is 13.8 Å². The minimum Gasteiger partial charge on any atom is -0.446 e. The standard InChI is InChI=1S/C9H13NO2/c1-6(2)9(11)10-8-5-4-7(3)12-8/h4-6H,1-3H3,(H,10,11). The van der Waals surface area contributed by atoms with Gasteiger partial charge in [-0.3, -0.25) is 10.1 Å². The molecular weight excluding hydrogens is 154 g/mol. The smallest absolute Gasteiger partial charge is 0.229 e. The van der Waals surface area contributed by atoms with Crippen LogP contribution in [-0.2, 0) is 4.79 Å². The number of aryl methyl sites for hydroxylation is 1. The maximum Gasteiger partial charge on any atom is 0.229 e. The molecule has 1 rings (SSSR count). The van der Waals surface area contributed by atoms with E-state index in [2.05, 4.69) is 5.32 Å². The molecule has 0 saturated heterocycles. The molecule has 0 aliphatic carbocycles. The first-order valence-electron chi connectivity index (χ1n) is 3.97. The molecule has 0 atom stereocenters. The number of hydrogen-bond acceptors (Lipinski definition) is 2. The third-order valence-electron chi connectivity index (χ3n) is 1.51. The molecule has 1 N–H and O–H groups in total. The molecule has 0 spiro atoms. The second-order valence-electron chi connectivity index (χ2n) is 3.05. The van der Waals surface area contributed by atoms with Crippen molar-refractivity contribution in [2.24, 2.45) is 5.92 Å². The monoisotopic (exact) mass is 167 g/mol. The highest BCUT2D eigenvalue weighted by Gasteiger charge is 2.08. The third kappa shape index (κ3) is 2.12. The molecule has 3 heteroatoms. The predicted octanol–water partition coefficient (Wildman–Crippen LogP) is 2.18. The van der Waals surface area contributed by atoms with E-state index in [4.69, 9.17) is 4.42 Å². The van der Waals surface area contributed by atoms with Gasteiger partial charge >= 0.3 is 0 Å². The van der Waals surface area contributed by atoms with Crippen LogP contribution in [0.3, 0.4) is 0 Å². The fourth-order valence-electron chi connectivity index (χ4n) is 0.767. The van der Waals surface area contributed by atoms with Gasteiger partial charge in [0, 0.05) is 12.0 Å². The summed E-state index contributed by atoms with van der Waals surface area (Å²) in [5.41, 5.74) is 0. The molecule has 0 unspecified atom stereocenters. The van der Waals surface area contributed by atoms with E-state index in [1.54, 1.807) is 6.07 Å². The van der Waals surface area contributed by atoms with Gasteiger partial charge in [0.1, 0.15) is 5.76 Å². The number of carbonyl (C=O) groups is 1. The Morgan fingerprint density at radius 2 is 2.17 bits per heavy atom. The molecule has 0 aliphatic heterocycles. The van der Waals surface area contributed by atoms with Crippen LogP contribution in [0.5, 0.6) is 0 Å². The Morgan fingerprint density at radius 1 is 1.50 bits per heavy atom. The van der Waals surface area contributed by atoms with Crippen molar-refractivity contribution in [3.05, 3.63) is 17.9 Å². The first kappa shape index (κ1) is 8.84. The van der Waals surface area contributed by atoms with E-state index < -0.39 is 0 Å². The molecule has 1 aromatic rings. The highest BCUT2D eigenvalue weighted by atomic mass is 16.4. The van der Waals surface area contributed by atoms with E-state index >= 15 is 0 Å². The van der Waals surface area contributed by atoms with Crippen LogP contribution in [0, 0.1) is 12.8 Å². The summed E-state index contributed by atoms with van der Waals surface area (Å²) < 4.78 is 5.17. The molecule has 0 radical (unpaired) electrons. The van der Waals surface area contributed by atoms with Gasteiger partial charge in [-0.25, -0.2) is 0 Å². The van der Waals surface area contributed by atoms with Crippen molar-refractivity contribution < 1.29 is 9.21 Å². The van der Waals surface area contributed by atoms with Crippen molar-refractivity contribution in [1.29, 1.82) is 0 Å². The van der Waals surface area contributed by atoms with Gasteiger partial charge < -0.3 is 4.42 Å².